The molecule has 0 amide bonds. The van der Waals surface area contributed by atoms with Crippen LogP contribution in [0.1, 0.15) is 13.8 Å². The summed E-state index contributed by atoms with van der Waals surface area (Å²) < 4.78 is 2.05. The van der Waals surface area contributed by atoms with Gasteiger partial charge in [-0.25, -0.2) is 0 Å². The van der Waals surface area contributed by atoms with E-state index in [9.17, 15) is 0 Å². The lowest BCUT2D eigenvalue weighted by Gasteiger charge is -2.20. The first-order chi connectivity index (χ1) is 12.3. The third-order valence-corrected chi connectivity index (χ3v) is 4.10. The standard InChI is InChI=1S/C21H23N4/c1-3-24(4-2)20-13-11-18(12-14-20)22-23-19-9-8-10-21(17-19)25-15-6-5-7-16-25/h5-17H,3-4H2,1-2H3/q+1. The van der Waals surface area contributed by atoms with E-state index in [4.69, 9.17) is 0 Å². The highest BCUT2D eigenvalue weighted by Gasteiger charge is 2.05. The molecule has 0 saturated carbocycles. The summed E-state index contributed by atoms with van der Waals surface area (Å²) in [5.41, 5.74) is 3.97. The minimum atomic E-state index is 0.835. The van der Waals surface area contributed by atoms with Crippen LogP contribution in [0.2, 0.25) is 0 Å². The maximum Gasteiger partial charge on any atom is 0.212 e. The Morgan fingerprint density at radius 2 is 1.44 bits per heavy atom. The summed E-state index contributed by atoms with van der Waals surface area (Å²) in [5, 5.41) is 8.74. The Kier molecular flexibility index (Phi) is 5.52. The van der Waals surface area contributed by atoms with Gasteiger partial charge in [-0.2, -0.15) is 14.8 Å². The topological polar surface area (TPSA) is 31.8 Å². The fourth-order valence-electron chi connectivity index (χ4n) is 2.72. The third-order valence-electron chi connectivity index (χ3n) is 4.10. The molecule has 0 aliphatic carbocycles. The molecule has 0 N–H and O–H groups in total. The highest BCUT2D eigenvalue weighted by molar-refractivity contribution is 5.53. The van der Waals surface area contributed by atoms with Crippen LogP contribution in [0.3, 0.4) is 0 Å². The predicted molar refractivity (Wildman–Crippen MR) is 102 cm³/mol. The molecule has 0 atom stereocenters. The van der Waals surface area contributed by atoms with E-state index in [-0.39, 0.29) is 0 Å². The quantitative estimate of drug-likeness (QED) is 0.450. The van der Waals surface area contributed by atoms with Gasteiger partial charge in [-0.3, -0.25) is 0 Å². The molecule has 4 heteroatoms. The SMILES string of the molecule is CCN(CC)c1ccc(N=Nc2cccc(-[n+]3ccccc3)c2)cc1. The summed E-state index contributed by atoms with van der Waals surface area (Å²) >= 11 is 0. The first-order valence-electron chi connectivity index (χ1n) is 8.63. The van der Waals surface area contributed by atoms with Crippen molar-refractivity contribution in [1.82, 2.24) is 0 Å². The van der Waals surface area contributed by atoms with Crippen LogP contribution < -0.4 is 9.47 Å². The smallest absolute Gasteiger partial charge is 0.212 e. The first kappa shape index (κ1) is 16.8. The number of aromatic nitrogens is 1. The molecule has 0 aliphatic heterocycles. The molecule has 4 nitrogen and oxygen atoms in total. The van der Waals surface area contributed by atoms with Crippen LogP contribution in [0.5, 0.6) is 0 Å². The second-order valence-corrected chi connectivity index (χ2v) is 5.69. The van der Waals surface area contributed by atoms with Crippen molar-refractivity contribution < 1.29 is 4.57 Å². The summed E-state index contributed by atoms with van der Waals surface area (Å²) in [4.78, 5) is 2.31. The van der Waals surface area contributed by atoms with Gasteiger partial charge in [0.05, 0.1) is 11.4 Å². The van der Waals surface area contributed by atoms with E-state index in [2.05, 4.69) is 51.7 Å². The van der Waals surface area contributed by atoms with Crippen LogP contribution in [0.25, 0.3) is 5.69 Å². The van der Waals surface area contributed by atoms with Crippen LogP contribution in [-0.2, 0) is 0 Å². The van der Waals surface area contributed by atoms with Crippen molar-refractivity contribution in [2.75, 3.05) is 18.0 Å². The molecule has 0 saturated heterocycles. The summed E-state index contributed by atoms with van der Waals surface area (Å²) in [6, 6.07) is 22.2. The average molecular weight is 331 g/mol. The lowest BCUT2D eigenvalue weighted by molar-refractivity contribution is -0.595. The largest absolute Gasteiger partial charge is 0.372 e. The zero-order valence-corrected chi connectivity index (χ0v) is 14.7. The molecular weight excluding hydrogens is 308 g/mol. The average Bonchev–Trinajstić information content (AvgIpc) is 2.69. The maximum absolute atomic E-state index is 4.38. The molecule has 1 aromatic heterocycles. The minimum absolute atomic E-state index is 0.835. The maximum atomic E-state index is 4.38. The Morgan fingerprint density at radius 1 is 0.760 bits per heavy atom. The lowest BCUT2D eigenvalue weighted by Crippen LogP contribution is -2.28. The third kappa shape index (κ3) is 4.29. The zero-order valence-electron chi connectivity index (χ0n) is 14.7. The van der Waals surface area contributed by atoms with Gasteiger partial charge >= 0.3 is 0 Å². The van der Waals surface area contributed by atoms with Gasteiger partial charge in [-0.15, -0.1) is 0 Å². The molecule has 3 rings (SSSR count). The molecule has 2 aromatic carbocycles. The van der Waals surface area contributed by atoms with Crippen molar-refractivity contribution in [1.29, 1.82) is 0 Å². The summed E-state index contributed by atoms with van der Waals surface area (Å²) in [5.74, 6) is 0. The molecule has 0 bridgehead atoms. The predicted octanol–water partition coefficient (Wildman–Crippen LogP) is 5.22. The van der Waals surface area contributed by atoms with Gasteiger partial charge in [0.1, 0.15) is 0 Å². The monoisotopic (exact) mass is 331 g/mol. The Bertz CT molecular complexity index is 822. The van der Waals surface area contributed by atoms with Gasteiger partial charge in [0.15, 0.2) is 12.4 Å². The van der Waals surface area contributed by atoms with Crippen LogP contribution in [-0.4, -0.2) is 13.1 Å². The van der Waals surface area contributed by atoms with Crippen molar-refractivity contribution in [2.24, 2.45) is 10.2 Å². The molecule has 0 unspecified atom stereocenters. The molecule has 0 radical (unpaired) electrons. The second kappa shape index (κ2) is 8.20. The highest BCUT2D eigenvalue weighted by atomic mass is 15.1. The highest BCUT2D eigenvalue weighted by Crippen LogP contribution is 2.22. The fourth-order valence-corrected chi connectivity index (χ4v) is 2.72. The number of benzene rings is 2. The van der Waals surface area contributed by atoms with E-state index in [0.29, 0.717) is 0 Å². The van der Waals surface area contributed by atoms with Crippen LogP contribution in [0.4, 0.5) is 17.1 Å². The van der Waals surface area contributed by atoms with Crippen LogP contribution in [0, 0.1) is 0 Å². The molecule has 1 heterocycles. The molecule has 3 aromatic rings. The van der Waals surface area contributed by atoms with Crippen molar-refractivity contribution in [2.45, 2.75) is 13.8 Å². The first-order valence-corrected chi connectivity index (χ1v) is 8.63. The van der Waals surface area contributed by atoms with Gasteiger partial charge < -0.3 is 4.90 Å². The van der Waals surface area contributed by atoms with Gasteiger partial charge in [-0.1, -0.05) is 12.1 Å². The lowest BCUT2D eigenvalue weighted by atomic mass is 10.2. The number of pyridine rings is 1. The number of hydrogen-bond donors (Lipinski definition) is 0. The Balaban J connectivity index is 1.76. The normalized spacial score (nSPS) is 11.0. The molecule has 126 valence electrons. The number of azo groups is 1. The number of nitrogens with zero attached hydrogens (tertiary/aromatic N) is 4. The Morgan fingerprint density at radius 3 is 2.12 bits per heavy atom. The van der Waals surface area contributed by atoms with E-state index < -0.39 is 0 Å². The van der Waals surface area contributed by atoms with Crippen molar-refractivity contribution in [3.05, 3.63) is 79.1 Å². The van der Waals surface area contributed by atoms with Crippen molar-refractivity contribution >= 4 is 17.1 Å². The van der Waals surface area contributed by atoms with Crippen molar-refractivity contribution in [3.63, 3.8) is 0 Å². The van der Waals surface area contributed by atoms with Gasteiger partial charge in [0.25, 0.3) is 0 Å². The van der Waals surface area contributed by atoms with Crippen LogP contribution >= 0.6 is 0 Å². The van der Waals surface area contributed by atoms with E-state index >= 15 is 0 Å². The summed E-state index contributed by atoms with van der Waals surface area (Å²) in [6.07, 6.45) is 4.03. The molecule has 0 spiro atoms. The van der Waals surface area contributed by atoms with E-state index in [0.717, 1.165) is 30.2 Å². The number of anilines is 1. The fraction of sp³-hybridized carbons (Fsp3) is 0.190. The number of hydrogen-bond acceptors (Lipinski definition) is 3. The van der Waals surface area contributed by atoms with Gasteiger partial charge in [0.2, 0.25) is 5.69 Å². The summed E-state index contributed by atoms with van der Waals surface area (Å²) in [7, 11) is 0. The second-order valence-electron chi connectivity index (χ2n) is 5.69. The van der Waals surface area contributed by atoms with Gasteiger partial charge in [0, 0.05) is 43.0 Å². The molecular formula is C21H23N4+. The minimum Gasteiger partial charge on any atom is -0.372 e. The van der Waals surface area contributed by atoms with Crippen molar-refractivity contribution in [3.8, 4) is 5.69 Å². The van der Waals surface area contributed by atoms with E-state index in [1.54, 1.807) is 0 Å². The van der Waals surface area contributed by atoms with Gasteiger partial charge in [-0.05, 0) is 44.2 Å². The Labute approximate surface area is 149 Å². The van der Waals surface area contributed by atoms with E-state index in [1.807, 2.05) is 60.9 Å². The Hall–Kier alpha value is -3.01. The van der Waals surface area contributed by atoms with E-state index in [1.165, 1.54) is 5.69 Å². The molecule has 0 fully saturated rings. The zero-order chi connectivity index (χ0) is 17.5. The van der Waals surface area contributed by atoms with Crippen LogP contribution in [0.15, 0.2) is 89.4 Å². The number of rotatable bonds is 6. The molecule has 25 heavy (non-hydrogen) atoms. The molecule has 0 aliphatic rings. The summed E-state index contributed by atoms with van der Waals surface area (Å²) in [6.45, 7) is 6.33.